The second-order valence-corrected chi connectivity index (χ2v) is 3.98. The van der Waals surface area contributed by atoms with Gasteiger partial charge in [-0.1, -0.05) is 6.58 Å². The van der Waals surface area contributed by atoms with Crippen LogP contribution in [0.2, 0.25) is 0 Å². The highest BCUT2D eigenvalue weighted by molar-refractivity contribution is 5.83. The Labute approximate surface area is 121 Å². The van der Waals surface area contributed by atoms with Crippen LogP contribution in [0.5, 0.6) is 5.75 Å². The number of hydrogen-bond acceptors (Lipinski definition) is 5. The van der Waals surface area contributed by atoms with Crippen LogP contribution < -0.4 is 4.74 Å². The van der Waals surface area contributed by atoms with E-state index >= 15 is 0 Å². The third kappa shape index (κ3) is 4.11. The monoisotopic (exact) mass is 277 g/mol. The van der Waals surface area contributed by atoms with E-state index in [2.05, 4.69) is 16.8 Å². The highest BCUT2D eigenvalue weighted by Gasteiger charge is 1.99. The van der Waals surface area contributed by atoms with Crippen molar-refractivity contribution in [3.05, 3.63) is 66.7 Å². The van der Waals surface area contributed by atoms with Crippen LogP contribution in [0.4, 0.5) is 11.4 Å². The summed E-state index contributed by atoms with van der Waals surface area (Å²) in [6, 6.07) is 15.4. The summed E-state index contributed by atoms with van der Waals surface area (Å²) in [6.45, 7) is 3.32. The average Bonchev–Trinajstić information content (AvgIpc) is 2.54. The fraction of sp³-hybridized carbons (Fsp3) is 0. The Bertz CT molecular complexity index is 711. The number of nitrogens with zero attached hydrogens (tertiary/aromatic N) is 3. The first-order valence-corrected chi connectivity index (χ1v) is 6.07. The van der Waals surface area contributed by atoms with Crippen LogP contribution in [-0.4, -0.2) is 5.97 Å². The van der Waals surface area contributed by atoms with E-state index in [0.717, 1.165) is 6.08 Å². The SMILES string of the molecule is C=CC(=O)Oc1ccc(N=Nc2ccc(C#N)cc2)cc1. The van der Waals surface area contributed by atoms with Crippen LogP contribution in [0.3, 0.4) is 0 Å². The zero-order valence-corrected chi connectivity index (χ0v) is 11.1. The van der Waals surface area contributed by atoms with E-state index in [1.54, 1.807) is 48.5 Å². The van der Waals surface area contributed by atoms with Crippen LogP contribution in [0, 0.1) is 11.3 Å². The largest absolute Gasteiger partial charge is 0.423 e. The lowest BCUT2D eigenvalue weighted by Gasteiger charge is -2.00. The smallest absolute Gasteiger partial charge is 0.335 e. The normalized spacial score (nSPS) is 10.0. The Morgan fingerprint density at radius 3 is 2.05 bits per heavy atom. The minimum absolute atomic E-state index is 0.414. The molecule has 2 aromatic carbocycles. The predicted octanol–water partition coefficient (Wildman–Crippen LogP) is 4.07. The van der Waals surface area contributed by atoms with Gasteiger partial charge in [0.1, 0.15) is 5.75 Å². The number of azo groups is 1. The molecule has 0 aliphatic heterocycles. The Hall–Kier alpha value is -3.26. The van der Waals surface area contributed by atoms with Crippen molar-refractivity contribution in [3.63, 3.8) is 0 Å². The topological polar surface area (TPSA) is 74.8 Å². The molecule has 0 atom stereocenters. The number of ether oxygens (including phenoxy) is 1. The second kappa shape index (κ2) is 6.78. The molecule has 0 aliphatic carbocycles. The molecule has 2 aromatic rings. The highest BCUT2D eigenvalue weighted by atomic mass is 16.5. The van der Waals surface area contributed by atoms with Crippen molar-refractivity contribution in [3.8, 4) is 11.8 Å². The van der Waals surface area contributed by atoms with Crippen molar-refractivity contribution in [2.75, 3.05) is 0 Å². The molecule has 21 heavy (non-hydrogen) atoms. The van der Waals surface area contributed by atoms with Gasteiger partial charge in [-0.05, 0) is 48.5 Å². The molecule has 0 spiro atoms. The first kappa shape index (κ1) is 14.2. The molecule has 0 unspecified atom stereocenters. The lowest BCUT2D eigenvalue weighted by molar-refractivity contribution is -0.128. The molecule has 2 rings (SSSR count). The van der Waals surface area contributed by atoms with Crippen molar-refractivity contribution in [1.82, 2.24) is 0 Å². The summed E-state index contributed by atoms with van der Waals surface area (Å²) in [4.78, 5) is 11.0. The van der Waals surface area contributed by atoms with E-state index in [1.807, 2.05) is 6.07 Å². The van der Waals surface area contributed by atoms with Gasteiger partial charge < -0.3 is 4.74 Å². The maximum Gasteiger partial charge on any atom is 0.335 e. The highest BCUT2D eigenvalue weighted by Crippen LogP contribution is 2.21. The van der Waals surface area contributed by atoms with E-state index in [0.29, 0.717) is 22.7 Å². The molecular weight excluding hydrogens is 266 g/mol. The number of rotatable bonds is 4. The van der Waals surface area contributed by atoms with Crippen LogP contribution in [-0.2, 0) is 4.79 Å². The molecule has 0 saturated carbocycles. The number of esters is 1. The summed E-state index contributed by atoms with van der Waals surface area (Å²) in [6.07, 6.45) is 1.10. The number of hydrogen-bond donors (Lipinski definition) is 0. The minimum Gasteiger partial charge on any atom is -0.423 e. The lowest BCUT2D eigenvalue weighted by atomic mass is 10.2. The molecular formula is C16H11N3O2. The molecule has 5 heteroatoms. The zero-order chi connectivity index (χ0) is 15.1. The molecule has 5 nitrogen and oxygen atoms in total. The van der Waals surface area contributed by atoms with E-state index in [-0.39, 0.29) is 0 Å². The summed E-state index contributed by atoms with van der Waals surface area (Å²) < 4.78 is 4.95. The average molecular weight is 277 g/mol. The van der Waals surface area contributed by atoms with Crippen molar-refractivity contribution >= 4 is 17.3 Å². The van der Waals surface area contributed by atoms with E-state index in [9.17, 15) is 4.79 Å². The molecule has 0 N–H and O–H groups in total. The van der Waals surface area contributed by atoms with Gasteiger partial charge in [-0.3, -0.25) is 0 Å². The van der Waals surface area contributed by atoms with Gasteiger partial charge in [0.05, 0.1) is 23.0 Å². The fourth-order valence-corrected chi connectivity index (χ4v) is 1.46. The maximum absolute atomic E-state index is 11.0. The van der Waals surface area contributed by atoms with E-state index < -0.39 is 5.97 Å². The first-order chi connectivity index (χ1) is 10.2. The molecule has 0 saturated heterocycles. The third-order valence-electron chi connectivity index (χ3n) is 2.50. The van der Waals surface area contributed by atoms with Gasteiger partial charge in [-0.15, -0.1) is 0 Å². The Balaban J connectivity index is 2.05. The summed E-state index contributed by atoms with van der Waals surface area (Å²) in [5, 5.41) is 16.8. The molecule has 0 amide bonds. The predicted molar refractivity (Wildman–Crippen MR) is 77.6 cm³/mol. The number of carbonyl (C=O) groups excluding carboxylic acids is 1. The van der Waals surface area contributed by atoms with Gasteiger partial charge in [0.15, 0.2) is 0 Å². The number of carbonyl (C=O) groups is 1. The summed E-state index contributed by atoms with van der Waals surface area (Å²) in [5.74, 6) is -0.0980. The lowest BCUT2D eigenvalue weighted by Crippen LogP contribution is -2.02. The van der Waals surface area contributed by atoms with Crippen LogP contribution in [0.25, 0.3) is 0 Å². The zero-order valence-electron chi connectivity index (χ0n) is 11.1. The van der Waals surface area contributed by atoms with Gasteiger partial charge in [0.2, 0.25) is 0 Å². The summed E-state index contributed by atoms with van der Waals surface area (Å²) in [5.41, 5.74) is 1.84. The van der Waals surface area contributed by atoms with Crippen LogP contribution >= 0.6 is 0 Å². The Morgan fingerprint density at radius 2 is 1.57 bits per heavy atom. The molecule has 0 aliphatic rings. The van der Waals surface area contributed by atoms with E-state index in [1.165, 1.54) is 0 Å². The fourth-order valence-electron chi connectivity index (χ4n) is 1.46. The Kier molecular flexibility index (Phi) is 4.57. The van der Waals surface area contributed by atoms with Crippen molar-refractivity contribution < 1.29 is 9.53 Å². The second-order valence-electron chi connectivity index (χ2n) is 3.98. The van der Waals surface area contributed by atoms with Crippen molar-refractivity contribution in [1.29, 1.82) is 5.26 Å². The van der Waals surface area contributed by atoms with Gasteiger partial charge in [0, 0.05) is 6.08 Å². The standard InChI is InChI=1S/C16H11N3O2/c1-2-16(20)21-15-9-7-14(8-10-15)19-18-13-5-3-12(11-17)4-6-13/h2-10H,1H2. The number of nitriles is 1. The van der Waals surface area contributed by atoms with Gasteiger partial charge >= 0.3 is 5.97 Å². The minimum atomic E-state index is -0.512. The molecule has 0 bridgehead atoms. The molecule has 0 radical (unpaired) electrons. The van der Waals surface area contributed by atoms with Crippen molar-refractivity contribution in [2.24, 2.45) is 10.2 Å². The van der Waals surface area contributed by atoms with Gasteiger partial charge in [-0.2, -0.15) is 15.5 Å². The van der Waals surface area contributed by atoms with Crippen LogP contribution in [0.1, 0.15) is 5.56 Å². The quantitative estimate of drug-likeness (QED) is 0.366. The van der Waals surface area contributed by atoms with E-state index in [4.69, 9.17) is 10.00 Å². The molecule has 0 aromatic heterocycles. The van der Waals surface area contributed by atoms with Gasteiger partial charge in [-0.25, -0.2) is 4.79 Å². The van der Waals surface area contributed by atoms with Gasteiger partial charge in [0.25, 0.3) is 0 Å². The number of benzene rings is 2. The summed E-state index contributed by atoms with van der Waals surface area (Å²) >= 11 is 0. The van der Waals surface area contributed by atoms with Crippen LogP contribution in [0.15, 0.2) is 71.4 Å². The maximum atomic E-state index is 11.0. The molecule has 102 valence electrons. The molecule has 0 fully saturated rings. The van der Waals surface area contributed by atoms with Crippen molar-refractivity contribution in [2.45, 2.75) is 0 Å². The molecule has 0 heterocycles. The third-order valence-corrected chi connectivity index (χ3v) is 2.50. The Morgan fingerprint density at radius 1 is 1.05 bits per heavy atom. The summed E-state index contributed by atoms with van der Waals surface area (Å²) in [7, 11) is 0. The first-order valence-electron chi connectivity index (χ1n) is 6.07.